The van der Waals surface area contributed by atoms with E-state index in [1.165, 1.54) is 0 Å². The van der Waals surface area contributed by atoms with Gasteiger partial charge in [0, 0.05) is 23.6 Å². The number of benzene rings is 1. The van der Waals surface area contributed by atoms with Crippen molar-refractivity contribution in [1.82, 2.24) is 9.97 Å². The lowest BCUT2D eigenvalue weighted by Crippen LogP contribution is -2.15. The largest absolute Gasteiger partial charge is 0.399 e. The molecule has 2 aromatic rings. The summed E-state index contributed by atoms with van der Waals surface area (Å²) in [5.41, 5.74) is 7.58. The average molecular weight is 228 g/mol. The van der Waals surface area contributed by atoms with E-state index in [1.54, 1.807) is 36.7 Å². The number of hydrogen-bond acceptors (Lipinski definition) is 4. The number of rotatable bonds is 2. The number of nitrogens with zero attached hydrogens (tertiary/aromatic N) is 2. The zero-order valence-corrected chi connectivity index (χ0v) is 9.34. The summed E-state index contributed by atoms with van der Waals surface area (Å²) in [4.78, 5) is 19.8. The number of carbonyl (C=O) groups is 1. The molecule has 17 heavy (non-hydrogen) atoms. The Bertz CT molecular complexity index is 539. The third-order valence-corrected chi connectivity index (χ3v) is 2.30. The van der Waals surface area contributed by atoms with Gasteiger partial charge in [0.1, 0.15) is 0 Å². The van der Waals surface area contributed by atoms with Gasteiger partial charge in [-0.05, 0) is 30.7 Å². The van der Waals surface area contributed by atoms with E-state index in [1.807, 2.05) is 6.92 Å². The lowest BCUT2D eigenvalue weighted by atomic mass is 10.1. The normalized spacial score (nSPS) is 9.94. The molecule has 2 rings (SSSR count). The molecule has 0 unspecified atom stereocenters. The predicted octanol–water partition coefficient (Wildman–Crippen LogP) is 1.62. The minimum absolute atomic E-state index is 0.263. The van der Waals surface area contributed by atoms with Gasteiger partial charge >= 0.3 is 0 Å². The van der Waals surface area contributed by atoms with E-state index in [2.05, 4.69) is 15.3 Å². The maximum Gasteiger partial charge on any atom is 0.258 e. The highest BCUT2D eigenvalue weighted by atomic mass is 16.1. The molecule has 0 saturated heterocycles. The molecule has 1 amide bonds. The Labute approximate surface area is 98.7 Å². The fourth-order valence-electron chi connectivity index (χ4n) is 1.42. The Morgan fingerprint density at radius 1 is 1.29 bits per heavy atom. The monoisotopic (exact) mass is 228 g/mol. The van der Waals surface area contributed by atoms with Gasteiger partial charge in [-0.15, -0.1) is 0 Å². The van der Waals surface area contributed by atoms with Crippen molar-refractivity contribution in [2.75, 3.05) is 11.1 Å². The Balaban J connectivity index is 2.23. The van der Waals surface area contributed by atoms with E-state index >= 15 is 0 Å². The zero-order valence-electron chi connectivity index (χ0n) is 9.34. The van der Waals surface area contributed by atoms with Gasteiger partial charge in [-0.1, -0.05) is 6.07 Å². The van der Waals surface area contributed by atoms with Crippen LogP contribution in [0.1, 0.15) is 15.9 Å². The SMILES string of the molecule is Cc1ccc(N)cc1C(=O)Nc1ncccn1. The summed E-state index contributed by atoms with van der Waals surface area (Å²) < 4.78 is 0. The molecule has 86 valence electrons. The molecule has 0 aliphatic carbocycles. The van der Waals surface area contributed by atoms with Crippen molar-refractivity contribution >= 4 is 17.5 Å². The molecule has 0 saturated carbocycles. The molecule has 0 radical (unpaired) electrons. The highest BCUT2D eigenvalue weighted by Gasteiger charge is 2.10. The number of amides is 1. The van der Waals surface area contributed by atoms with Crippen molar-refractivity contribution in [3.8, 4) is 0 Å². The van der Waals surface area contributed by atoms with Gasteiger partial charge in [-0.2, -0.15) is 0 Å². The molecule has 0 fully saturated rings. The fraction of sp³-hybridized carbons (Fsp3) is 0.0833. The lowest BCUT2D eigenvalue weighted by Gasteiger charge is -2.06. The van der Waals surface area contributed by atoms with Gasteiger partial charge in [0.05, 0.1) is 0 Å². The second-order valence-electron chi connectivity index (χ2n) is 3.60. The summed E-state index contributed by atoms with van der Waals surface area (Å²) in [5.74, 6) is 0.0142. The van der Waals surface area contributed by atoms with Crippen LogP contribution in [0, 0.1) is 6.92 Å². The maximum atomic E-state index is 11.9. The molecule has 0 spiro atoms. The van der Waals surface area contributed by atoms with Crippen molar-refractivity contribution in [1.29, 1.82) is 0 Å². The van der Waals surface area contributed by atoms with Gasteiger partial charge in [0.2, 0.25) is 5.95 Å². The van der Waals surface area contributed by atoms with Gasteiger partial charge < -0.3 is 5.73 Å². The van der Waals surface area contributed by atoms with Crippen LogP contribution < -0.4 is 11.1 Å². The molecule has 0 bridgehead atoms. The highest BCUT2D eigenvalue weighted by Crippen LogP contribution is 2.13. The third-order valence-electron chi connectivity index (χ3n) is 2.30. The summed E-state index contributed by atoms with van der Waals surface area (Å²) in [6.45, 7) is 1.85. The van der Waals surface area contributed by atoms with Gasteiger partial charge in [0.25, 0.3) is 5.91 Å². The fourth-order valence-corrected chi connectivity index (χ4v) is 1.42. The number of nitrogens with two attached hydrogens (primary N) is 1. The van der Waals surface area contributed by atoms with Crippen molar-refractivity contribution in [2.45, 2.75) is 6.92 Å². The number of hydrogen-bond donors (Lipinski definition) is 2. The second kappa shape index (κ2) is 4.61. The summed E-state index contributed by atoms with van der Waals surface area (Å²) >= 11 is 0. The van der Waals surface area contributed by atoms with Crippen LogP contribution in [-0.4, -0.2) is 15.9 Å². The molecule has 1 aromatic heterocycles. The minimum atomic E-state index is -0.263. The van der Waals surface area contributed by atoms with E-state index in [9.17, 15) is 4.79 Å². The molecule has 1 heterocycles. The van der Waals surface area contributed by atoms with E-state index in [-0.39, 0.29) is 11.9 Å². The van der Waals surface area contributed by atoms with Crippen molar-refractivity contribution in [3.05, 3.63) is 47.8 Å². The maximum absolute atomic E-state index is 11.9. The number of aryl methyl sites for hydroxylation is 1. The van der Waals surface area contributed by atoms with Crippen LogP contribution in [0.2, 0.25) is 0 Å². The summed E-state index contributed by atoms with van der Waals surface area (Å²) in [7, 11) is 0. The highest BCUT2D eigenvalue weighted by molar-refractivity contribution is 6.04. The first-order chi connectivity index (χ1) is 8.16. The molecule has 5 heteroatoms. The number of aromatic nitrogens is 2. The van der Waals surface area contributed by atoms with Crippen molar-refractivity contribution < 1.29 is 4.79 Å². The van der Waals surface area contributed by atoms with Crippen LogP contribution in [0.5, 0.6) is 0 Å². The predicted molar refractivity (Wildman–Crippen MR) is 65.6 cm³/mol. The quantitative estimate of drug-likeness (QED) is 0.765. The van der Waals surface area contributed by atoms with Crippen LogP contribution in [0.15, 0.2) is 36.7 Å². The molecule has 0 atom stereocenters. The number of nitrogen functional groups attached to an aromatic ring is 1. The molecule has 0 aliphatic heterocycles. The summed E-state index contributed by atoms with van der Waals surface area (Å²) in [6.07, 6.45) is 3.13. The average Bonchev–Trinajstić information content (AvgIpc) is 2.33. The first-order valence-electron chi connectivity index (χ1n) is 5.11. The molecule has 5 nitrogen and oxygen atoms in total. The van der Waals surface area contributed by atoms with E-state index in [0.29, 0.717) is 11.3 Å². The Morgan fingerprint density at radius 2 is 2.00 bits per heavy atom. The lowest BCUT2D eigenvalue weighted by molar-refractivity contribution is 0.102. The molecular formula is C12H12N4O. The zero-order chi connectivity index (χ0) is 12.3. The van der Waals surface area contributed by atoms with E-state index in [0.717, 1.165) is 5.56 Å². The number of nitrogens with one attached hydrogen (secondary N) is 1. The van der Waals surface area contributed by atoms with Crippen LogP contribution >= 0.6 is 0 Å². The van der Waals surface area contributed by atoms with Gasteiger partial charge in [-0.25, -0.2) is 9.97 Å². The molecule has 0 aliphatic rings. The number of carbonyl (C=O) groups excluding carboxylic acids is 1. The summed E-state index contributed by atoms with van der Waals surface area (Å²) in [5, 5.41) is 2.61. The molecular weight excluding hydrogens is 216 g/mol. The van der Waals surface area contributed by atoms with Gasteiger partial charge in [-0.3, -0.25) is 10.1 Å². The topological polar surface area (TPSA) is 80.9 Å². The van der Waals surface area contributed by atoms with Crippen LogP contribution in [0.25, 0.3) is 0 Å². The third kappa shape index (κ3) is 2.57. The molecule has 3 N–H and O–H groups in total. The second-order valence-corrected chi connectivity index (χ2v) is 3.60. The first kappa shape index (κ1) is 11.1. The first-order valence-corrected chi connectivity index (χ1v) is 5.11. The Hall–Kier alpha value is -2.43. The van der Waals surface area contributed by atoms with Crippen molar-refractivity contribution in [3.63, 3.8) is 0 Å². The van der Waals surface area contributed by atoms with Crippen LogP contribution in [0.3, 0.4) is 0 Å². The number of anilines is 2. The standard InChI is InChI=1S/C12H12N4O/c1-8-3-4-9(13)7-10(8)11(17)16-12-14-5-2-6-15-12/h2-7H,13H2,1H3,(H,14,15,16,17). The van der Waals surface area contributed by atoms with Crippen LogP contribution in [0.4, 0.5) is 11.6 Å². The minimum Gasteiger partial charge on any atom is -0.399 e. The van der Waals surface area contributed by atoms with Gasteiger partial charge in [0.15, 0.2) is 0 Å². The smallest absolute Gasteiger partial charge is 0.258 e. The van der Waals surface area contributed by atoms with Crippen LogP contribution in [-0.2, 0) is 0 Å². The Kier molecular flexibility index (Phi) is 3.00. The summed E-state index contributed by atoms with van der Waals surface area (Å²) in [6, 6.07) is 6.87. The van der Waals surface area contributed by atoms with Crippen molar-refractivity contribution in [2.24, 2.45) is 0 Å². The Morgan fingerprint density at radius 3 is 2.71 bits per heavy atom. The molecule has 1 aromatic carbocycles. The van der Waals surface area contributed by atoms with E-state index in [4.69, 9.17) is 5.73 Å². The van der Waals surface area contributed by atoms with E-state index < -0.39 is 0 Å².